The minimum absolute atomic E-state index is 0.176. The fraction of sp³-hybridized carbons (Fsp3) is 0.700. The molecule has 74 valence electrons. The average Bonchev–Trinajstić information content (AvgIpc) is 2.43. The van der Waals surface area contributed by atoms with Gasteiger partial charge in [0.1, 0.15) is 0 Å². The first-order chi connectivity index (χ1) is 6.15. The van der Waals surface area contributed by atoms with Gasteiger partial charge in [0.15, 0.2) is 0 Å². The Morgan fingerprint density at radius 3 is 2.85 bits per heavy atom. The lowest BCUT2D eigenvalue weighted by Crippen LogP contribution is -2.24. The Labute approximate surface area is 79.0 Å². The Morgan fingerprint density at radius 2 is 2.38 bits per heavy atom. The molecule has 1 N–H and O–H groups in total. The van der Waals surface area contributed by atoms with Crippen molar-refractivity contribution in [3.05, 3.63) is 12.7 Å². The molecule has 0 radical (unpaired) electrons. The molecule has 0 amide bonds. The van der Waals surface area contributed by atoms with Crippen LogP contribution in [0.15, 0.2) is 12.7 Å². The SMILES string of the molecule is C=CCCN1CC(C)C(C(=O)O)C1. The second-order valence-electron chi connectivity index (χ2n) is 3.76. The molecule has 0 aromatic heterocycles. The summed E-state index contributed by atoms with van der Waals surface area (Å²) in [6.45, 7) is 8.21. The molecule has 3 heteroatoms. The van der Waals surface area contributed by atoms with Gasteiger partial charge in [0.25, 0.3) is 0 Å². The van der Waals surface area contributed by atoms with Crippen LogP contribution in [0.5, 0.6) is 0 Å². The first-order valence-corrected chi connectivity index (χ1v) is 4.71. The minimum atomic E-state index is -0.659. The number of aliphatic carboxylic acids is 1. The van der Waals surface area contributed by atoms with Gasteiger partial charge in [-0.1, -0.05) is 13.0 Å². The summed E-state index contributed by atoms with van der Waals surface area (Å²) >= 11 is 0. The van der Waals surface area contributed by atoms with Gasteiger partial charge in [-0.25, -0.2) is 0 Å². The number of carboxylic acids is 1. The number of carbonyl (C=O) groups is 1. The second-order valence-corrected chi connectivity index (χ2v) is 3.76. The molecular formula is C10H17NO2. The zero-order valence-corrected chi connectivity index (χ0v) is 8.07. The molecule has 0 aliphatic carbocycles. The standard InChI is InChI=1S/C10H17NO2/c1-3-4-5-11-6-8(2)9(7-11)10(12)13/h3,8-9H,1,4-7H2,2H3,(H,12,13). The normalized spacial score (nSPS) is 29.0. The van der Waals surface area contributed by atoms with Crippen molar-refractivity contribution in [1.82, 2.24) is 4.90 Å². The van der Waals surface area contributed by atoms with E-state index in [0.717, 1.165) is 19.5 Å². The largest absolute Gasteiger partial charge is 0.481 e. The van der Waals surface area contributed by atoms with E-state index >= 15 is 0 Å². The Hall–Kier alpha value is -0.830. The van der Waals surface area contributed by atoms with Crippen LogP contribution in [0.25, 0.3) is 0 Å². The molecule has 1 fully saturated rings. The zero-order valence-electron chi connectivity index (χ0n) is 8.07. The van der Waals surface area contributed by atoms with Crippen LogP contribution in [0.2, 0.25) is 0 Å². The molecule has 1 rings (SSSR count). The molecule has 0 spiro atoms. The van der Waals surface area contributed by atoms with E-state index in [0.29, 0.717) is 6.54 Å². The maximum absolute atomic E-state index is 10.8. The molecule has 3 nitrogen and oxygen atoms in total. The smallest absolute Gasteiger partial charge is 0.308 e. The number of likely N-dealkylation sites (tertiary alicyclic amines) is 1. The fourth-order valence-corrected chi connectivity index (χ4v) is 1.85. The van der Waals surface area contributed by atoms with Crippen molar-refractivity contribution in [1.29, 1.82) is 0 Å². The van der Waals surface area contributed by atoms with Crippen LogP contribution < -0.4 is 0 Å². The average molecular weight is 183 g/mol. The molecule has 2 atom stereocenters. The topological polar surface area (TPSA) is 40.5 Å². The lowest BCUT2D eigenvalue weighted by molar-refractivity contribution is -0.142. The molecule has 1 saturated heterocycles. The van der Waals surface area contributed by atoms with Gasteiger partial charge in [0, 0.05) is 19.6 Å². The van der Waals surface area contributed by atoms with E-state index in [-0.39, 0.29) is 11.8 Å². The van der Waals surface area contributed by atoms with Crippen molar-refractivity contribution < 1.29 is 9.90 Å². The summed E-state index contributed by atoms with van der Waals surface area (Å²) in [5, 5.41) is 8.88. The highest BCUT2D eigenvalue weighted by Gasteiger charge is 2.33. The van der Waals surface area contributed by atoms with Gasteiger partial charge < -0.3 is 10.0 Å². The van der Waals surface area contributed by atoms with Crippen LogP contribution in [0.1, 0.15) is 13.3 Å². The monoisotopic (exact) mass is 183 g/mol. The maximum atomic E-state index is 10.8. The van der Waals surface area contributed by atoms with Crippen LogP contribution in [0, 0.1) is 11.8 Å². The Kier molecular flexibility index (Phi) is 3.48. The van der Waals surface area contributed by atoms with Crippen LogP contribution in [-0.2, 0) is 4.79 Å². The first kappa shape index (κ1) is 10.3. The molecule has 0 aromatic carbocycles. The summed E-state index contributed by atoms with van der Waals surface area (Å²) in [4.78, 5) is 13.0. The third-order valence-electron chi connectivity index (χ3n) is 2.65. The van der Waals surface area contributed by atoms with Crippen molar-refractivity contribution in [3.63, 3.8) is 0 Å². The quantitative estimate of drug-likeness (QED) is 0.666. The van der Waals surface area contributed by atoms with Crippen molar-refractivity contribution >= 4 is 5.97 Å². The van der Waals surface area contributed by atoms with Gasteiger partial charge in [-0.15, -0.1) is 6.58 Å². The minimum Gasteiger partial charge on any atom is -0.481 e. The molecule has 13 heavy (non-hydrogen) atoms. The Balaban J connectivity index is 2.40. The summed E-state index contributed by atoms with van der Waals surface area (Å²) in [7, 11) is 0. The molecule has 1 heterocycles. The molecule has 0 bridgehead atoms. The number of rotatable bonds is 4. The number of hydrogen-bond donors (Lipinski definition) is 1. The molecule has 0 saturated carbocycles. The summed E-state index contributed by atoms with van der Waals surface area (Å²) < 4.78 is 0. The number of carboxylic acid groups (broad SMARTS) is 1. The zero-order chi connectivity index (χ0) is 9.84. The van der Waals surface area contributed by atoms with Gasteiger partial charge >= 0.3 is 5.97 Å². The third-order valence-corrected chi connectivity index (χ3v) is 2.65. The van der Waals surface area contributed by atoms with E-state index in [2.05, 4.69) is 11.5 Å². The predicted molar refractivity (Wildman–Crippen MR) is 51.5 cm³/mol. The van der Waals surface area contributed by atoms with Crippen molar-refractivity contribution in [2.24, 2.45) is 11.8 Å². The van der Waals surface area contributed by atoms with Crippen LogP contribution in [0.3, 0.4) is 0 Å². The van der Waals surface area contributed by atoms with Gasteiger partial charge in [-0.2, -0.15) is 0 Å². The third kappa shape index (κ3) is 2.56. The van der Waals surface area contributed by atoms with Gasteiger partial charge in [0.2, 0.25) is 0 Å². The van der Waals surface area contributed by atoms with Crippen molar-refractivity contribution in [3.8, 4) is 0 Å². The van der Waals surface area contributed by atoms with Gasteiger partial charge in [-0.05, 0) is 12.3 Å². The summed E-state index contributed by atoms with van der Waals surface area (Å²) in [5.74, 6) is -0.555. The second kappa shape index (κ2) is 4.42. The molecular weight excluding hydrogens is 166 g/mol. The highest BCUT2D eigenvalue weighted by molar-refractivity contribution is 5.71. The van der Waals surface area contributed by atoms with E-state index in [4.69, 9.17) is 5.11 Å². The van der Waals surface area contributed by atoms with E-state index in [9.17, 15) is 4.79 Å². The highest BCUT2D eigenvalue weighted by atomic mass is 16.4. The van der Waals surface area contributed by atoms with E-state index in [1.54, 1.807) is 0 Å². The molecule has 0 aromatic rings. The fourth-order valence-electron chi connectivity index (χ4n) is 1.85. The summed E-state index contributed by atoms with van der Waals surface area (Å²) in [5.41, 5.74) is 0. The predicted octanol–water partition coefficient (Wildman–Crippen LogP) is 1.22. The van der Waals surface area contributed by atoms with Crippen LogP contribution in [-0.4, -0.2) is 35.6 Å². The molecule has 2 unspecified atom stereocenters. The van der Waals surface area contributed by atoms with E-state index in [1.807, 2.05) is 13.0 Å². The van der Waals surface area contributed by atoms with Crippen LogP contribution >= 0.6 is 0 Å². The highest BCUT2D eigenvalue weighted by Crippen LogP contribution is 2.22. The van der Waals surface area contributed by atoms with Crippen molar-refractivity contribution in [2.45, 2.75) is 13.3 Å². The summed E-state index contributed by atoms with van der Waals surface area (Å²) in [6.07, 6.45) is 2.82. The van der Waals surface area contributed by atoms with E-state index < -0.39 is 5.97 Å². The number of nitrogens with zero attached hydrogens (tertiary/aromatic N) is 1. The Morgan fingerprint density at radius 1 is 1.69 bits per heavy atom. The maximum Gasteiger partial charge on any atom is 0.308 e. The lowest BCUT2D eigenvalue weighted by atomic mass is 9.99. The van der Waals surface area contributed by atoms with Crippen LogP contribution in [0.4, 0.5) is 0 Å². The summed E-state index contributed by atoms with van der Waals surface area (Å²) in [6, 6.07) is 0. The Bertz CT molecular complexity index is 203. The molecule has 1 aliphatic heterocycles. The van der Waals surface area contributed by atoms with Gasteiger partial charge in [-0.3, -0.25) is 4.79 Å². The number of hydrogen-bond acceptors (Lipinski definition) is 2. The first-order valence-electron chi connectivity index (χ1n) is 4.71. The van der Waals surface area contributed by atoms with Crippen molar-refractivity contribution in [2.75, 3.05) is 19.6 Å². The lowest BCUT2D eigenvalue weighted by Gasteiger charge is -2.12. The van der Waals surface area contributed by atoms with Gasteiger partial charge in [0.05, 0.1) is 5.92 Å². The molecule has 1 aliphatic rings. The van der Waals surface area contributed by atoms with E-state index in [1.165, 1.54) is 0 Å².